The van der Waals surface area contributed by atoms with Crippen LogP contribution >= 0.6 is 0 Å². The Morgan fingerprint density at radius 2 is 1.68 bits per heavy atom. The van der Waals surface area contributed by atoms with Crippen LogP contribution in [0.3, 0.4) is 0 Å². The lowest BCUT2D eigenvalue weighted by atomic mass is 10.1. The number of anilines is 1. The zero-order valence-corrected chi connectivity index (χ0v) is 16.5. The van der Waals surface area contributed by atoms with Crippen LogP contribution in [-0.2, 0) is 12.8 Å². The van der Waals surface area contributed by atoms with Crippen molar-refractivity contribution in [1.29, 1.82) is 0 Å². The summed E-state index contributed by atoms with van der Waals surface area (Å²) in [6, 6.07) is 9.21. The van der Waals surface area contributed by atoms with E-state index >= 15 is 0 Å². The van der Waals surface area contributed by atoms with Crippen LogP contribution in [0.5, 0.6) is 23.0 Å². The summed E-state index contributed by atoms with van der Waals surface area (Å²) in [5.74, 6) is 2.25. The lowest BCUT2D eigenvalue weighted by Crippen LogP contribution is -2.32. The van der Waals surface area contributed by atoms with E-state index in [0.29, 0.717) is 36.1 Å². The van der Waals surface area contributed by atoms with Crippen molar-refractivity contribution in [3.05, 3.63) is 41.5 Å². The highest BCUT2D eigenvalue weighted by Crippen LogP contribution is 2.39. The highest BCUT2D eigenvalue weighted by atomic mass is 16.5. The standard InChI is InChI=1S/C21H26N2O5/c1-25-18-12-16(13-19(26-2)20(18)27-3)23-21(24)22-9-10-28-17-8-7-14-5-4-6-15(14)11-17/h7-8,11-13H,4-6,9-10H2,1-3H3,(H2,22,23,24). The molecule has 0 aromatic heterocycles. The lowest BCUT2D eigenvalue weighted by molar-refractivity contribution is 0.247. The van der Waals surface area contributed by atoms with Crippen molar-refractivity contribution in [3.8, 4) is 23.0 Å². The minimum absolute atomic E-state index is 0.341. The minimum atomic E-state index is -0.341. The molecule has 0 saturated carbocycles. The zero-order valence-electron chi connectivity index (χ0n) is 16.5. The number of carbonyl (C=O) groups is 1. The molecule has 0 fully saturated rings. The van der Waals surface area contributed by atoms with Crippen LogP contribution in [0.4, 0.5) is 10.5 Å². The first-order valence-corrected chi connectivity index (χ1v) is 9.24. The monoisotopic (exact) mass is 386 g/mol. The summed E-state index contributed by atoms with van der Waals surface area (Å²) in [5, 5.41) is 5.52. The molecule has 1 aliphatic carbocycles. The predicted octanol–water partition coefficient (Wildman–Crippen LogP) is 3.40. The van der Waals surface area contributed by atoms with Crippen LogP contribution < -0.4 is 29.6 Å². The van der Waals surface area contributed by atoms with Gasteiger partial charge in [-0.1, -0.05) is 6.07 Å². The van der Waals surface area contributed by atoms with Crippen LogP contribution in [-0.4, -0.2) is 40.5 Å². The number of aryl methyl sites for hydroxylation is 2. The van der Waals surface area contributed by atoms with E-state index in [2.05, 4.69) is 22.8 Å². The Morgan fingerprint density at radius 1 is 0.964 bits per heavy atom. The smallest absolute Gasteiger partial charge is 0.319 e. The van der Waals surface area contributed by atoms with Crippen LogP contribution in [0, 0.1) is 0 Å². The maximum absolute atomic E-state index is 12.1. The first kappa shape index (κ1) is 19.7. The molecule has 0 atom stereocenters. The first-order chi connectivity index (χ1) is 13.6. The first-order valence-electron chi connectivity index (χ1n) is 9.24. The number of urea groups is 1. The maximum Gasteiger partial charge on any atom is 0.319 e. The molecular formula is C21H26N2O5. The average Bonchev–Trinajstić information content (AvgIpc) is 3.18. The van der Waals surface area contributed by atoms with Crippen molar-refractivity contribution in [2.75, 3.05) is 39.8 Å². The summed E-state index contributed by atoms with van der Waals surface area (Å²) in [7, 11) is 4.58. The van der Waals surface area contributed by atoms with Crippen molar-refractivity contribution in [2.24, 2.45) is 0 Å². The molecule has 0 saturated heterocycles. The molecule has 0 heterocycles. The maximum atomic E-state index is 12.1. The van der Waals surface area contributed by atoms with E-state index in [1.807, 2.05) is 6.07 Å². The van der Waals surface area contributed by atoms with Crippen LogP contribution in [0.25, 0.3) is 0 Å². The molecule has 2 aromatic carbocycles. The van der Waals surface area contributed by atoms with Crippen LogP contribution in [0.1, 0.15) is 17.5 Å². The van der Waals surface area contributed by atoms with Crippen LogP contribution in [0.15, 0.2) is 30.3 Å². The molecule has 0 aliphatic heterocycles. The molecule has 0 radical (unpaired) electrons. The van der Waals surface area contributed by atoms with Gasteiger partial charge in [-0.25, -0.2) is 4.79 Å². The van der Waals surface area contributed by atoms with E-state index < -0.39 is 0 Å². The van der Waals surface area contributed by atoms with Gasteiger partial charge in [0.15, 0.2) is 11.5 Å². The minimum Gasteiger partial charge on any atom is -0.493 e. The largest absolute Gasteiger partial charge is 0.493 e. The third kappa shape index (κ3) is 4.60. The van der Waals surface area contributed by atoms with Crippen molar-refractivity contribution in [1.82, 2.24) is 5.32 Å². The Balaban J connectivity index is 1.49. The summed E-state index contributed by atoms with van der Waals surface area (Å²) in [6.45, 7) is 0.773. The molecule has 150 valence electrons. The molecular weight excluding hydrogens is 360 g/mol. The Hall–Kier alpha value is -3.09. The number of fused-ring (bicyclic) bond motifs is 1. The second-order valence-electron chi connectivity index (χ2n) is 6.43. The second kappa shape index (κ2) is 9.21. The van der Waals surface area contributed by atoms with Gasteiger partial charge in [0.1, 0.15) is 12.4 Å². The number of ether oxygens (including phenoxy) is 4. The van der Waals surface area contributed by atoms with Gasteiger partial charge in [-0.05, 0) is 42.5 Å². The number of amides is 2. The van der Waals surface area contributed by atoms with E-state index in [-0.39, 0.29) is 6.03 Å². The van der Waals surface area contributed by atoms with Gasteiger partial charge in [0.25, 0.3) is 0 Å². The van der Waals surface area contributed by atoms with E-state index in [9.17, 15) is 4.79 Å². The van der Waals surface area contributed by atoms with Gasteiger partial charge in [-0.3, -0.25) is 0 Å². The molecule has 0 spiro atoms. The normalized spacial score (nSPS) is 12.1. The Kier molecular flexibility index (Phi) is 6.47. The van der Waals surface area contributed by atoms with E-state index in [0.717, 1.165) is 18.6 Å². The Labute approximate surface area is 164 Å². The van der Waals surface area contributed by atoms with Crippen molar-refractivity contribution >= 4 is 11.7 Å². The number of hydrogen-bond donors (Lipinski definition) is 2. The average molecular weight is 386 g/mol. The Bertz CT molecular complexity index is 813. The molecule has 2 aromatic rings. The third-order valence-corrected chi connectivity index (χ3v) is 4.65. The summed E-state index contributed by atoms with van der Waals surface area (Å²) in [6.07, 6.45) is 3.47. The highest BCUT2D eigenvalue weighted by molar-refractivity contribution is 5.90. The Morgan fingerprint density at radius 3 is 2.36 bits per heavy atom. The zero-order chi connectivity index (χ0) is 19.9. The number of hydrogen-bond acceptors (Lipinski definition) is 5. The van der Waals surface area contributed by atoms with E-state index in [1.54, 1.807) is 12.1 Å². The van der Waals surface area contributed by atoms with Gasteiger partial charge in [0.2, 0.25) is 5.75 Å². The fourth-order valence-corrected chi connectivity index (χ4v) is 3.30. The molecule has 3 rings (SSSR count). The molecule has 2 amide bonds. The van der Waals surface area contributed by atoms with Crippen molar-refractivity contribution in [3.63, 3.8) is 0 Å². The van der Waals surface area contributed by atoms with Gasteiger partial charge in [0.05, 0.1) is 33.6 Å². The number of methoxy groups -OCH3 is 3. The number of rotatable bonds is 8. The van der Waals surface area contributed by atoms with Gasteiger partial charge in [-0.15, -0.1) is 0 Å². The number of nitrogens with one attached hydrogen (secondary N) is 2. The van der Waals surface area contributed by atoms with Crippen molar-refractivity contribution < 1.29 is 23.7 Å². The van der Waals surface area contributed by atoms with Gasteiger partial charge in [-0.2, -0.15) is 0 Å². The predicted molar refractivity (Wildman–Crippen MR) is 107 cm³/mol. The van der Waals surface area contributed by atoms with Crippen molar-refractivity contribution in [2.45, 2.75) is 19.3 Å². The third-order valence-electron chi connectivity index (χ3n) is 4.65. The molecule has 7 heteroatoms. The fourth-order valence-electron chi connectivity index (χ4n) is 3.30. The number of carbonyl (C=O) groups excluding carboxylic acids is 1. The molecule has 7 nitrogen and oxygen atoms in total. The second-order valence-corrected chi connectivity index (χ2v) is 6.43. The summed E-state index contributed by atoms with van der Waals surface area (Å²) >= 11 is 0. The molecule has 28 heavy (non-hydrogen) atoms. The summed E-state index contributed by atoms with van der Waals surface area (Å²) in [4.78, 5) is 12.1. The van der Waals surface area contributed by atoms with Gasteiger partial charge in [0, 0.05) is 12.1 Å². The summed E-state index contributed by atoms with van der Waals surface area (Å²) in [5.41, 5.74) is 3.31. The van der Waals surface area contributed by atoms with E-state index in [4.69, 9.17) is 18.9 Å². The van der Waals surface area contributed by atoms with Gasteiger partial charge >= 0.3 is 6.03 Å². The molecule has 2 N–H and O–H groups in total. The molecule has 0 bridgehead atoms. The number of benzene rings is 2. The highest BCUT2D eigenvalue weighted by Gasteiger charge is 2.14. The molecule has 1 aliphatic rings. The summed E-state index contributed by atoms with van der Waals surface area (Å²) < 4.78 is 21.6. The fraction of sp³-hybridized carbons (Fsp3) is 0.381. The quantitative estimate of drug-likeness (QED) is 0.680. The topological polar surface area (TPSA) is 78.1 Å². The lowest BCUT2D eigenvalue weighted by Gasteiger charge is -2.15. The SMILES string of the molecule is COc1cc(NC(=O)NCCOc2ccc3c(c2)CCC3)cc(OC)c1OC. The van der Waals surface area contributed by atoms with Crippen LogP contribution in [0.2, 0.25) is 0 Å². The van der Waals surface area contributed by atoms with E-state index in [1.165, 1.54) is 38.9 Å². The molecule has 0 unspecified atom stereocenters. The van der Waals surface area contributed by atoms with Gasteiger partial charge < -0.3 is 29.6 Å².